The van der Waals surface area contributed by atoms with Crippen LogP contribution in [0.25, 0.3) is 0 Å². The van der Waals surface area contributed by atoms with Gasteiger partial charge in [-0.05, 0) is 29.8 Å². The van der Waals surface area contributed by atoms with Crippen LogP contribution < -0.4 is 0 Å². The van der Waals surface area contributed by atoms with Gasteiger partial charge in [-0.15, -0.1) is 0 Å². The maximum atomic E-state index is 13.7. The Balaban J connectivity index is 2.43. The van der Waals surface area contributed by atoms with Gasteiger partial charge < -0.3 is 0 Å². The van der Waals surface area contributed by atoms with Crippen LogP contribution in [0.2, 0.25) is 5.02 Å². The normalized spacial score (nSPS) is 12.5. The molecule has 0 N–H and O–H groups in total. The second-order valence-electron chi connectivity index (χ2n) is 3.55. The lowest BCUT2D eigenvalue weighted by Crippen LogP contribution is -1.97. The monoisotopic (exact) mass is 376 g/mol. The number of alkyl halides is 1. The summed E-state index contributed by atoms with van der Waals surface area (Å²) in [5.41, 5.74) is 1.43. The molecule has 1 atom stereocenters. The van der Waals surface area contributed by atoms with Gasteiger partial charge in [0.05, 0.1) is 4.83 Å². The Morgan fingerprint density at radius 2 is 1.71 bits per heavy atom. The summed E-state index contributed by atoms with van der Waals surface area (Å²) in [6.45, 7) is 0. The molecule has 17 heavy (non-hydrogen) atoms. The summed E-state index contributed by atoms with van der Waals surface area (Å²) in [5, 5.41) is 0.426. The van der Waals surface area contributed by atoms with E-state index in [-0.39, 0.29) is 10.6 Å². The van der Waals surface area contributed by atoms with E-state index in [1.54, 1.807) is 12.1 Å². The molecule has 0 aliphatic carbocycles. The molecule has 0 spiro atoms. The molecule has 0 aliphatic rings. The topological polar surface area (TPSA) is 0 Å². The fourth-order valence-corrected chi connectivity index (χ4v) is 2.99. The first kappa shape index (κ1) is 13.1. The maximum Gasteiger partial charge on any atom is 0.129 e. The Morgan fingerprint density at radius 1 is 1.06 bits per heavy atom. The van der Waals surface area contributed by atoms with Crippen LogP contribution in [0.4, 0.5) is 4.39 Å². The molecule has 4 heteroatoms. The fraction of sp³-hybridized carbons (Fsp3) is 0.0769. The standard InChI is InChI=1S/C13H8Br2ClF/c14-9-6-4-8(5-7-9)13(15)12-10(16)2-1-3-11(12)17/h1-7,13H. The van der Waals surface area contributed by atoms with E-state index in [0.717, 1.165) is 10.0 Å². The lowest BCUT2D eigenvalue weighted by Gasteiger charge is -2.13. The number of halogens is 4. The molecular formula is C13H8Br2ClF. The van der Waals surface area contributed by atoms with Crippen molar-refractivity contribution in [1.29, 1.82) is 0 Å². The van der Waals surface area contributed by atoms with E-state index in [0.29, 0.717) is 10.6 Å². The molecular weight excluding hydrogens is 370 g/mol. The number of hydrogen-bond acceptors (Lipinski definition) is 0. The van der Waals surface area contributed by atoms with Crippen molar-refractivity contribution in [3.8, 4) is 0 Å². The van der Waals surface area contributed by atoms with Crippen molar-refractivity contribution in [3.63, 3.8) is 0 Å². The maximum absolute atomic E-state index is 13.7. The zero-order chi connectivity index (χ0) is 12.4. The predicted octanol–water partition coefficient (Wildman–Crippen LogP) is 5.73. The van der Waals surface area contributed by atoms with E-state index in [4.69, 9.17) is 11.6 Å². The quantitative estimate of drug-likeness (QED) is 0.586. The third-order valence-electron chi connectivity index (χ3n) is 2.42. The molecule has 0 heterocycles. The molecule has 0 radical (unpaired) electrons. The van der Waals surface area contributed by atoms with Crippen LogP contribution in [0.3, 0.4) is 0 Å². The summed E-state index contributed by atoms with van der Waals surface area (Å²) in [5.74, 6) is -0.303. The Kier molecular flexibility index (Phi) is 4.23. The van der Waals surface area contributed by atoms with Crippen molar-refractivity contribution >= 4 is 43.5 Å². The van der Waals surface area contributed by atoms with Crippen molar-refractivity contribution in [1.82, 2.24) is 0 Å². The summed E-state index contributed by atoms with van der Waals surface area (Å²) >= 11 is 12.9. The Hall–Kier alpha value is -0.380. The molecule has 2 aromatic rings. The van der Waals surface area contributed by atoms with Crippen molar-refractivity contribution in [3.05, 3.63) is 68.9 Å². The minimum Gasteiger partial charge on any atom is -0.207 e. The highest BCUT2D eigenvalue weighted by atomic mass is 79.9. The van der Waals surface area contributed by atoms with Gasteiger partial charge in [0.15, 0.2) is 0 Å². The van der Waals surface area contributed by atoms with Crippen LogP contribution in [-0.4, -0.2) is 0 Å². The highest BCUT2D eigenvalue weighted by molar-refractivity contribution is 9.10. The van der Waals surface area contributed by atoms with E-state index >= 15 is 0 Å². The second-order valence-corrected chi connectivity index (χ2v) is 5.79. The number of hydrogen-bond donors (Lipinski definition) is 0. The minimum absolute atomic E-state index is 0.246. The SMILES string of the molecule is Fc1cccc(Cl)c1C(Br)c1ccc(Br)cc1. The average molecular weight is 378 g/mol. The van der Waals surface area contributed by atoms with Gasteiger partial charge in [0.1, 0.15) is 5.82 Å². The van der Waals surface area contributed by atoms with Crippen LogP contribution in [-0.2, 0) is 0 Å². The first-order chi connectivity index (χ1) is 8.09. The predicted molar refractivity (Wildman–Crippen MR) is 76.3 cm³/mol. The van der Waals surface area contributed by atoms with Crippen LogP contribution >= 0.6 is 43.5 Å². The molecule has 0 saturated heterocycles. The Bertz CT molecular complexity index is 505. The Labute approximate surface area is 121 Å². The van der Waals surface area contributed by atoms with Gasteiger partial charge in [0.25, 0.3) is 0 Å². The number of rotatable bonds is 2. The summed E-state index contributed by atoms with van der Waals surface area (Å²) in [4.78, 5) is -0.246. The lowest BCUT2D eigenvalue weighted by molar-refractivity contribution is 0.613. The Morgan fingerprint density at radius 3 is 2.29 bits per heavy atom. The largest absolute Gasteiger partial charge is 0.207 e. The van der Waals surface area contributed by atoms with Gasteiger partial charge in [-0.25, -0.2) is 4.39 Å². The third-order valence-corrected chi connectivity index (χ3v) is 4.26. The minimum atomic E-state index is -0.303. The molecule has 2 aromatic carbocycles. The van der Waals surface area contributed by atoms with Crippen molar-refractivity contribution in [2.75, 3.05) is 0 Å². The van der Waals surface area contributed by atoms with Gasteiger partial charge in [-0.3, -0.25) is 0 Å². The smallest absolute Gasteiger partial charge is 0.129 e. The second kappa shape index (κ2) is 5.51. The molecule has 0 fully saturated rings. The van der Waals surface area contributed by atoms with E-state index in [2.05, 4.69) is 31.9 Å². The molecule has 0 saturated carbocycles. The zero-order valence-corrected chi connectivity index (χ0v) is 12.6. The van der Waals surface area contributed by atoms with Crippen LogP contribution in [0, 0.1) is 5.82 Å². The van der Waals surface area contributed by atoms with Crippen LogP contribution in [0.15, 0.2) is 46.9 Å². The summed E-state index contributed by atoms with van der Waals surface area (Å²) in [7, 11) is 0. The molecule has 88 valence electrons. The molecule has 0 aliphatic heterocycles. The summed E-state index contributed by atoms with van der Waals surface area (Å²) in [6.07, 6.45) is 0. The fourth-order valence-electron chi connectivity index (χ4n) is 1.55. The summed E-state index contributed by atoms with van der Waals surface area (Å²) < 4.78 is 14.7. The van der Waals surface area contributed by atoms with E-state index < -0.39 is 0 Å². The van der Waals surface area contributed by atoms with E-state index in [1.807, 2.05) is 24.3 Å². The lowest BCUT2D eigenvalue weighted by atomic mass is 10.0. The van der Waals surface area contributed by atoms with Gasteiger partial charge >= 0.3 is 0 Å². The molecule has 0 aromatic heterocycles. The van der Waals surface area contributed by atoms with Crippen molar-refractivity contribution in [2.45, 2.75) is 4.83 Å². The molecule has 2 rings (SSSR count). The molecule has 0 nitrogen and oxygen atoms in total. The van der Waals surface area contributed by atoms with E-state index in [9.17, 15) is 4.39 Å². The van der Waals surface area contributed by atoms with Crippen molar-refractivity contribution in [2.24, 2.45) is 0 Å². The highest BCUT2D eigenvalue weighted by Crippen LogP contribution is 2.37. The van der Waals surface area contributed by atoms with Gasteiger partial charge in [0.2, 0.25) is 0 Å². The first-order valence-corrected chi connectivity index (χ1v) is 7.01. The van der Waals surface area contributed by atoms with Gasteiger partial charge in [0, 0.05) is 15.1 Å². The van der Waals surface area contributed by atoms with Gasteiger partial charge in [-0.1, -0.05) is 61.7 Å². The molecule has 1 unspecified atom stereocenters. The van der Waals surface area contributed by atoms with Gasteiger partial charge in [-0.2, -0.15) is 0 Å². The number of benzene rings is 2. The van der Waals surface area contributed by atoms with E-state index in [1.165, 1.54) is 6.07 Å². The molecule has 0 bridgehead atoms. The van der Waals surface area contributed by atoms with Crippen molar-refractivity contribution < 1.29 is 4.39 Å². The highest BCUT2D eigenvalue weighted by Gasteiger charge is 2.17. The third kappa shape index (κ3) is 2.90. The zero-order valence-electron chi connectivity index (χ0n) is 8.63. The van der Waals surface area contributed by atoms with Crippen LogP contribution in [0.5, 0.6) is 0 Å². The van der Waals surface area contributed by atoms with Crippen LogP contribution in [0.1, 0.15) is 16.0 Å². The summed E-state index contributed by atoms with van der Waals surface area (Å²) in [6, 6.07) is 12.4. The molecule has 0 amide bonds. The first-order valence-electron chi connectivity index (χ1n) is 4.93. The average Bonchev–Trinajstić information content (AvgIpc) is 2.29.